The SMILES string of the molecule is CC(C)(C)c1ncc(NC(=O)Cc2coc3ccc4ccccc4c23)cn1. The first-order valence-corrected chi connectivity index (χ1v) is 8.92. The van der Waals surface area contributed by atoms with E-state index >= 15 is 0 Å². The number of hydrogen-bond donors (Lipinski definition) is 1. The molecule has 4 aromatic rings. The average molecular weight is 359 g/mol. The van der Waals surface area contributed by atoms with Crippen LogP contribution in [0.25, 0.3) is 21.7 Å². The van der Waals surface area contributed by atoms with Gasteiger partial charge in [0, 0.05) is 16.4 Å². The number of nitrogens with zero attached hydrogens (tertiary/aromatic N) is 2. The van der Waals surface area contributed by atoms with Crippen molar-refractivity contribution in [2.45, 2.75) is 32.6 Å². The molecule has 2 heterocycles. The summed E-state index contributed by atoms with van der Waals surface area (Å²) in [4.78, 5) is 21.2. The molecule has 5 nitrogen and oxygen atoms in total. The molecule has 0 saturated carbocycles. The number of aromatic nitrogens is 2. The molecule has 0 unspecified atom stereocenters. The lowest BCUT2D eigenvalue weighted by Crippen LogP contribution is -2.18. The third-order valence-electron chi connectivity index (χ3n) is 4.50. The van der Waals surface area contributed by atoms with Gasteiger partial charge < -0.3 is 9.73 Å². The van der Waals surface area contributed by atoms with E-state index in [1.54, 1.807) is 18.7 Å². The van der Waals surface area contributed by atoms with Crippen molar-refractivity contribution in [2.75, 3.05) is 5.32 Å². The average Bonchev–Trinajstić information content (AvgIpc) is 3.04. The second-order valence-electron chi connectivity index (χ2n) is 7.69. The zero-order valence-electron chi connectivity index (χ0n) is 15.6. The van der Waals surface area contributed by atoms with Crippen molar-refractivity contribution in [2.24, 2.45) is 0 Å². The van der Waals surface area contributed by atoms with Gasteiger partial charge in [-0.25, -0.2) is 9.97 Å². The Morgan fingerprint density at radius 3 is 2.56 bits per heavy atom. The lowest BCUT2D eigenvalue weighted by molar-refractivity contribution is -0.115. The molecule has 27 heavy (non-hydrogen) atoms. The molecule has 1 N–H and O–H groups in total. The quantitative estimate of drug-likeness (QED) is 0.567. The van der Waals surface area contributed by atoms with Crippen LogP contribution in [0.2, 0.25) is 0 Å². The molecular weight excluding hydrogens is 338 g/mol. The predicted octanol–water partition coefficient (Wildman–Crippen LogP) is 4.85. The summed E-state index contributed by atoms with van der Waals surface area (Å²) in [6, 6.07) is 12.1. The molecule has 0 aliphatic rings. The van der Waals surface area contributed by atoms with Crippen LogP contribution in [0.3, 0.4) is 0 Å². The van der Waals surface area contributed by atoms with Crippen LogP contribution < -0.4 is 5.32 Å². The van der Waals surface area contributed by atoms with Gasteiger partial charge >= 0.3 is 0 Å². The third kappa shape index (κ3) is 3.40. The molecule has 0 saturated heterocycles. The third-order valence-corrected chi connectivity index (χ3v) is 4.50. The smallest absolute Gasteiger partial charge is 0.229 e. The van der Waals surface area contributed by atoms with Gasteiger partial charge in [-0.3, -0.25) is 4.79 Å². The summed E-state index contributed by atoms with van der Waals surface area (Å²) in [6.07, 6.45) is 5.18. The minimum absolute atomic E-state index is 0.126. The number of hydrogen-bond acceptors (Lipinski definition) is 4. The second kappa shape index (κ2) is 6.50. The van der Waals surface area contributed by atoms with Gasteiger partial charge in [-0.2, -0.15) is 0 Å². The van der Waals surface area contributed by atoms with E-state index in [1.807, 2.05) is 30.3 Å². The van der Waals surface area contributed by atoms with E-state index in [9.17, 15) is 4.79 Å². The van der Waals surface area contributed by atoms with Gasteiger partial charge in [-0.1, -0.05) is 51.1 Å². The maximum absolute atomic E-state index is 12.5. The highest BCUT2D eigenvalue weighted by molar-refractivity contribution is 6.09. The van der Waals surface area contributed by atoms with Crippen LogP contribution in [-0.2, 0) is 16.6 Å². The van der Waals surface area contributed by atoms with Crippen molar-refractivity contribution in [3.8, 4) is 0 Å². The minimum atomic E-state index is -0.127. The fraction of sp³-hybridized carbons (Fsp3) is 0.227. The minimum Gasteiger partial charge on any atom is -0.464 e. The molecule has 136 valence electrons. The molecule has 0 fully saturated rings. The zero-order valence-corrected chi connectivity index (χ0v) is 15.6. The van der Waals surface area contributed by atoms with E-state index in [1.165, 1.54) is 0 Å². The molecule has 0 bridgehead atoms. The van der Waals surface area contributed by atoms with Gasteiger partial charge in [0.25, 0.3) is 0 Å². The number of rotatable bonds is 3. The highest BCUT2D eigenvalue weighted by Gasteiger charge is 2.17. The first-order chi connectivity index (χ1) is 12.9. The van der Waals surface area contributed by atoms with Crippen LogP contribution >= 0.6 is 0 Å². The van der Waals surface area contributed by atoms with E-state index < -0.39 is 0 Å². The van der Waals surface area contributed by atoms with Gasteiger partial charge in [0.2, 0.25) is 5.91 Å². The number of carbonyl (C=O) groups is 1. The number of fused-ring (bicyclic) bond motifs is 3. The van der Waals surface area contributed by atoms with Gasteiger partial charge in [0.1, 0.15) is 11.4 Å². The van der Waals surface area contributed by atoms with Crippen LogP contribution in [-0.4, -0.2) is 15.9 Å². The van der Waals surface area contributed by atoms with Crippen LogP contribution in [0, 0.1) is 0 Å². The Labute approximate surface area is 157 Å². The topological polar surface area (TPSA) is 68.0 Å². The molecule has 0 radical (unpaired) electrons. The van der Waals surface area contributed by atoms with Gasteiger partial charge in [-0.15, -0.1) is 0 Å². The van der Waals surface area contributed by atoms with Gasteiger partial charge in [-0.05, 0) is 16.8 Å². The summed E-state index contributed by atoms with van der Waals surface area (Å²) >= 11 is 0. The van der Waals surface area contributed by atoms with Crippen molar-refractivity contribution in [3.05, 3.63) is 66.4 Å². The van der Waals surface area contributed by atoms with E-state index in [2.05, 4.69) is 42.1 Å². The van der Waals surface area contributed by atoms with Crippen molar-refractivity contribution in [3.63, 3.8) is 0 Å². The highest BCUT2D eigenvalue weighted by atomic mass is 16.3. The Balaban J connectivity index is 1.57. The number of amides is 1. The lowest BCUT2D eigenvalue weighted by atomic mass is 9.96. The molecule has 2 aromatic carbocycles. The summed E-state index contributed by atoms with van der Waals surface area (Å²) in [5.74, 6) is 0.616. The van der Waals surface area contributed by atoms with Crippen molar-refractivity contribution >= 4 is 33.3 Å². The molecule has 0 atom stereocenters. The number of furan rings is 1. The van der Waals surface area contributed by atoms with Crippen molar-refractivity contribution < 1.29 is 9.21 Å². The van der Waals surface area contributed by atoms with Crippen LogP contribution in [0.5, 0.6) is 0 Å². The molecule has 4 rings (SSSR count). The first kappa shape index (κ1) is 17.2. The second-order valence-corrected chi connectivity index (χ2v) is 7.69. The molecule has 5 heteroatoms. The highest BCUT2D eigenvalue weighted by Crippen LogP contribution is 2.30. The summed E-state index contributed by atoms with van der Waals surface area (Å²) in [6.45, 7) is 6.15. The Kier molecular flexibility index (Phi) is 4.15. The predicted molar refractivity (Wildman–Crippen MR) is 107 cm³/mol. The standard InChI is InChI=1S/C22H21N3O2/c1-22(2,3)21-23-11-16(12-24-21)25-19(26)10-15-13-27-18-9-8-14-6-4-5-7-17(14)20(15)18/h4-9,11-13H,10H2,1-3H3,(H,25,26). The van der Waals surface area contributed by atoms with Crippen LogP contribution in [0.1, 0.15) is 32.2 Å². The van der Waals surface area contributed by atoms with Crippen LogP contribution in [0.4, 0.5) is 5.69 Å². The Bertz CT molecular complexity index is 1120. The molecular formula is C22H21N3O2. The summed E-state index contributed by atoms with van der Waals surface area (Å²) in [7, 11) is 0. The lowest BCUT2D eigenvalue weighted by Gasteiger charge is -2.16. The zero-order chi connectivity index (χ0) is 19.0. The van der Waals surface area contributed by atoms with Gasteiger partial charge in [0.15, 0.2) is 0 Å². The van der Waals surface area contributed by atoms with Crippen molar-refractivity contribution in [1.82, 2.24) is 9.97 Å². The van der Waals surface area contributed by atoms with Gasteiger partial charge in [0.05, 0.1) is 30.8 Å². The van der Waals surface area contributed by atoms with E-state index in [0.717, 1.165) is 33.1 Å². The summed E-state index contributed by atoms with van der Waals surface area (Å²) in [5, 5.41) is 6.07. The van der Waals surface area contributed by atoms with E-state index in [4.69, 9.17) is 4.42 Å². The van der Waals surface area contributed by atoms with Crippen LogP contribution in [0.15, 0.2) is 59.5 Å². The molecule has 2 aromatic heterocycles. The van der Waals surface area contributed by atoms with Crippen molar-refractivity contribution in [1.29, 1.82) is 0 Å². The molecule has 0 aliphatic carbocycles. The number of benzene rings is 2. The first-order valence-electron chi connectivity index (χ1n) is 8.92. The Morgan fingerprint density at radius 1 is 1.07 bits per heavy atom. The number of nitrogens with one attached hydrogen (secondary N) is 1. The number of anilines is 1. The fourth-order valence-corrected chi connectivity index (χ4v) is 3.16. The fourth-order valence-electron chi connectivity index (χ4n) is 3.16. The molecule has 0 aliphatic heterocycles. The summed E-state index contributed by atoms with van der Waals surface area (Å²) in [5.41, 5.74) is 2.12. The number of carbonyl (C=O) groups excluding carboxylic acids is 1. The normalized spacial score (nSPS) is 11.8. The maximum atomic E-state index is 12.5. The monoisotopic (exact) mass is 359 g/mol. The van der Waals surface area contributed by atoms with E-state index in [-0.39, 0.29) is 17.7 Å². The Hall–Kier alpha value is -3.21. The molecule has 1 amide bonds. The maximum Gasteiger partial charge on any atom is 0.229 e. The largest absolute Gasteiger partial charge is 0.464 e. The summed E-state index contributed by atoms with van der Waals surface area (Å²) < 4.78 is 5.66. The molecule has 0 spiro atoms. The Morgan fingerprint density at radius 2 is 1.81 bits per heavy atom. The van der Waals surface area contributed by atoms with E-state index in [0.29, 0.717) is 5.69 Å².